The third-order valence-corrected chi connectivity index (χ3v) is 4.49. The largest absolute Gasteiger partial charge is 0.382 e. The number of urea groups is 1. The van der Waals surface area contributed by atoms with Crippen LogP contribution in [0.25, 0.3) is 0 Å². The Hall–Kier alpha value is -1.07. The predicted octanol–water partition coefficient (Wildman–Crippen LogP) is 3.16. The summed E-state index contributed by atoms with van der Waals surface area (Å²) in [5.41, 5.74) is 0.924. The van der Waals surface area contributed by atoms with Gasteiger partial charge in [-0.3, -0.25) is 0 Å². The molecule has 1 aromatic rings. The number of thiophene rings is 1. The molecule has 1 saturated carbocycles. The van der Waals surface area contributed by atoms with Gasteiger partial charge in [0.25, 0.3) is 0 Å². The number of carbonyl (C=O) groups excluding carboxylic acids is 1. The number of nitrogens with one attached hydrogen (secondary N) is 1. The van der Waals surface area contributed by atoms with E-state index in [-0.39, 0.29) is 11.6 Å². The molecule has 1 fully saturated rings. The maximum Gasteiger partial charge on any atom is 0.318 e. The first-order valence-electron chi connectivity index (χ1n) is 7.03. The van der Waals surface area contributed by atoms with E-state index < -0.39 is 0 Å². The van der Waals surface area contributed by atoms with E-state index >= 15 is 0 Å². The molecule has 1 heterocycles. The van der Waals surface area contributed by atoms with Gasteiger partial charge >= 0.3 is 6.03 Å². The van der Waals surface area contributed by atoms with Gasteiger partial charge in [-0.05, 0) is 50.6 Å². The second-order valence-corrected chi connectivity index (χ2v) is 7.13. The first kappa shape index (κ1) is 15.3. The fraction of sp³-hybridized carbons (Fsp3) is 0.667. The SMILES string of the molecule is COCC(C)(C)NC(=O)N(Cc1sccc1C)C1CC1. The molecule has 5 heteroatoms. The van der Waals surface area contributed by atoms with Crippen molar-refractivity contribution in [3.05, 3.63) is 21.9 Å². The minimum atomic E-state index is -0.344. The Bertz CT molecular complexity index is 466. The highest BCUT2D eigenvalue weighted by Crippen LogP contribution is 2.30. The second kappa shape index (κ2) is 6.14. The highest BCUT2D eigenvalue weighted by Gasteiger charge is 2.35. The van der Waals surface area contributed by atoms with Crippen molar-refractivity contribution in [3.8, 4) is 0 Å². The number of nitrogens with zero attached hydrogens (tertiary/aromatic N) is 1. The number of hydrogen-bond acceptors (Lipinski definition) is 3. The molecule has 0 unspecified atom stereocenters. The highest BCUT2D eigenvalue weighted by molar-refractivity contribution is 7.10. The number of ether oxygens (including phenoxy) is 1. The zero-order valence-corrected chi connectivity index (χ0v) is 13.5. The summed E-state index contributed by atoms with van der Waals surface area (Å²) in [6, 6.07) is 2.52. The van der Waals surface area contributed by atoms with Gasteiger partial charge in [0.15, 0.2) is 0 Å². The summed E-state index contributed by atoms with van der Waals surface area (Å²) in [6.45, 7) is 7.29. The number of aryl methyl sites for hydroxylation is 1. The molecule has 20 heavy (non-hydrogen) atoms. The smallest absolute Gasteiger partial charge is 0.318 e. The molecule has 0 bridgehead atoms. The minimum absolute atomic E-state index is 0.0161. The van der Waals surface area contributed by atoms with E-state index in [0.717, 1.165) is 12.8 Å². The average molecular weight is 296 g/mol. The fourth-order valence-corrected chi connectivity index (χ4v) is 3.14. The highest BCUT2D eigenvalue weighted by atomic mass is 32.1. The van der Waals surface area contributed by atoms with Crippen LogP contribution in [0.1, 0.15) is 37.1 Å². The normalized spacial score (nSPS) is 15.2. The van der Waals surface area contributed by atoms with Crippen LogP contribution in [-0.4, -0.2) is 36.2 Å². The molecule has 0 aliphatic heterocycles. The lowest BCUT2D eigenvalue weighted by molar-refractivity contribution is 0.121. The molecule has 4 nitrogen and oxygen atoms in total. The lowest BCUT2D eigenvalue weighted by atomic mass is 10.1. The van der Waals surface area contributed by atoms with Gasteiger partial charge in [-0.2, -0.15) is 0 Å². The van der Waals surface area contributed by atoms with Crippen LogP contribution in [0.3, 0.4) is 0 Å². The van der Waals surface area contributed by atoms with Gasteiger partial charge in [-0.1, -0.05) is 0 Å². The van der Waals surface area contributed by atoms with E-state index in [9.17, 15) is 4.79 Å². The van der Waals surface area contributed by atoms with Crippen molar-refractivity contribution in [3.63, 3.8) is 0 Å². The standard InChI is InChI=1S/C15H24N2O2S/c1-11-7-8-20-13(11)9-17(12-5-6-12)14(18)16-15(2,3)10-19-4/h7-8,12H,5-6,9-10H2,1-4H3,(H,16,18). The number of amides is 2. The maximum absolute atomic E-state index is 12.5. The Balaban J connectivity index is 2.02. The summed E-state index contributed by atoms with van der Waals surface area (Å²) in [6.07, 6.45) is 2.23. The summed E-state index contributed by atoms with van der Waals surface area (Å²) in [5, 5.41) is 5.16. The molecule has 0 spiro atoms. The van der Waals surface area contributed by atoms with Crippen molar-refractivity contribution < 1.29 is 9.53 Å². The molecular weight excluding hydrogens is 272 g/mol. The summed E-state index contributed by atoms with van der Waals surface area (Å²) in [7, 11) is 1.65. The van der Waals surface area contributed by atoms with Crippen LogP contribution >= 0.6 is 11.3 Å². The van der Waals surface area contributed by atoms with Crippen molar-refractivity contribution in [1.29, 1.82) is 0 Å². The van der Waals surface area contributed by atoms with E-state index in [1.807, 2.05) is 18.7 Å². The molecular formula is C15H24N2O2S. The van der Waals surface area contributed by atoms with Gasteiger partial charge in [-0.15, -0.1) is 11.3 Å². The van der Waals surface area contributed by atoms with Crippen molar-refractivity contribution in [2.75, 3.05) is 13.7 Å². The second-order valence-electron chi connectivity index (χ2n) is 6.13. The van der Waals surface area contributed by atoms with Crippen LogP contribution in [0.15, 0.2) is 11.4 Å². The number of hydrogen-bond donors (Lipinski definition) is 1. The van der Waals surface area contributed by atoms with Crippen molar-refractivity contribution in [1.82, 2.24) is 10.2 Å². The summed E-state index contributed by atoms with van der Waals surface area (Å²) < 4.78 is 5.16. The van der Waals surface area contributed by atoms with Gasteiger partial charge < -0.3 is 15.0 Å². The van der Waals surface area contributed by atoms with Gasteiger partial charge in [0.1, 0.15) is 0 Å². The monoisotopic (exact) mass is 296 g/mol. The Morgan fingerprint density at radius 2 is 2.25 bits per heavy atom. The van der Waals surface area contributed by atoms with Crippen molar-refractivity contribution in [2.24, 2.45) is 0 Å². The fourth-order valence-electron chi connectivity index (χ4n) is 2.23. The molecule has 0 atom stereocenters. The Kier molecular flexibility index (Phi) is 4.70. The maximum atomic E-state index is 12.5. The third kappa shape index (κ3) is 3.96. The Morgan fingerprint density at radius 1 is 1.55 bits per heavy atom. The molecule has 1 N–H and O–H groups in total. The lowest BCUT2D eigenvalue weighted by Gasteiger charge is -2.30. The molecule has 2 rings (SSSR count). The van der Waals surface area contributed by atoms with Crippen molar-refractivity contribution >= 4 is 17.4 Å². The molecule has 1 aliphatic rings. The summed E-state index contributed by atoms with van der Waals surface area (Å²) >= 11 is 1.72. The first-order valence-corrected chi connectivity index (χ1v) is 7.91. The molecule has 1 aromatic heterocycles. The number of methoxy groups -OCH3 is 1. The molecule has 1 aliphatic carbocycles. The topological polar surface area (TPSA) is 41.6 Å². The van der Waals surface area contributed by atoms with Gasteiger partial charge in [0, 0.05) is 18.0 Å². The van der Waals surface area contributed by atoms with Crippen LogP contribution in [0.4, 0.5) is 4.79 Å². The predicted molar refractivity (Wildman–Crippen MR) is 82.1 cm³/mol. The Morgan fingerprint density at radius 3 is 2.75 bits per heavy atom. The van der Waals surface area contributed by atoms with Crippen LogP contribution in [0, 0.1) is 6.92 Å². The average Bonchev–Trinajstić information content (AvgIpc) is 3.09. The quantitative estimate of drug-likeness (QED) is 0.876. The van der Waals surface area contributed by atoms with Gasteiger partial charge in [-0.25, -0.2) is 4.79 Å². The van der Waals surface area contributed by atoms with Crippen molar-refractivity contribution in [2.45, 2.75) is 51.7 Å². The van der Waals surface area contributed by atoms with Crippen LogP contribution < -0.4 is 5.32 Å². The van der Waals surface area contributed by atoms with Gasteiger partial charge in [0.2, 0.25) is 0 Å². The van der Waals surface area contributed by atoms with E-state index in [0.29, 0.717) is 19.2 Å². The third-order valence-electron chi connectivity index (χ3n) is 3.48. The minimum Gasteiger partial charge on any atom is -0.382 e. The summed E-state index contributed by atoms with van der Waals surface area (Å²) in [4.78, 5) is 15.8. The van der Waals surface area contributed by atoms with Crippen LogP contribution in [0.5, 0.6) is 0 Å². The number of carbonyl (C=O) groups is 1. The zero-order valence-electron chi connectivity index (χ0n) is 12.7. The van der Waals surface area contributed by atoms with E-state index in [1.165, 1.54) is 10.4 Å². The first-order chi connectivity index (χ1) is 9.43. The van der Waals surface area contributed by atoms with Crippen LogP contribution in [-0.2, 0) is 11.3 Å². The summed E-state index contributed by atoms with van der Waals surface area (Å²) in [5.74, 6) is 0. The van der Waals surface area contributed by atoms with Crippen LogP contribution in [0.2, 0.25) is 0 Å². The molecule has 0 radical (unpaired) electrons. The van der Waals surface area contributed by atoms with E-state index in [4.69, 9.17) is 4.74 Å². The lowest BCUT2D eigenvalue weighted by Crippen LogP contribution is -2.52. The molecule has 0 aromatic carbocycles. The van der Waals surface area contributed by atoms with E-state index in [2.05, 4.69) is 23.7 Å². The van der Waals surface area contributed by atoms with Gasteiger partial charge in [0.05, 0.1) is 18.7 Å². The van der Waals surface area contributed by atoms with E-state index in [1.54, 1.807) is 18.4 Å². The zero-order chi connectivity index (χ0) is 14.8. The Labute approximate surface area is 125 Å². The molecule has 0 saturated heterocycles. The number of rotatable bonds is 6. The molecule has 2 amide bonds. The molecule has 112 valence electrons.